The molecule has 0 heterocycles. The van der Waals surface area contributed by atoms with E-state index < -0.39 is 19.0 Å². The number of halogens is 2. The molecule has 0 aromatic rings. The van der Waals surface area contributed by atoms with Crippen LogP contribution >= 0.6 is 0 Å². The van der Waals surface area contributed by atoms with Crippen LogP contribution in [0.2, 0.25) is 0 Å². The third-order valence-corrected chi connectivity index (χ3v) is 3.33. The van der Waals surface area contributed by atoms with Crippen molar-refractivity contribution in [3.63, 3.8) is 0 Å². The largest absolute Gasteiger partial charge is 0.350 e. The number of hydrogen-bond donors (Lipinski definition) is 2. The van der Waals surface area contributed by atoms with Crippen molar-refractivity contribution in [3.05, 3.63) is 0 Å². The van der Waals surface area contributed by atoms with Gasteiger partial charge in [0.15, 0.2) is 0 Å². The Hall–Kier alpha value is -0.710. The van der Waals surface area contributed by atoms with Gasteiger partial charge in [0.2, 0.25) is 5.91 Å². The van der Waals surface area contributed by atoms with Crippen LogP contribution in [-0.4, -0.2) is 24.9 Å². The number of nitrogens with two attached hydrogens (primary N) is 1. The number of carbonyl (C=O) groups is 1. The van der Waals surface area contributed by atoms with E-state index in [0.717, 1.165) is 18.8 Å². The van der Waals surface area contributed by atoms with Crippen LogP contribution in [0, 0.1) is 5.92 Å². The maximum Gasteiger partial charge on any atom is 0.277 e. The molecule has 0 bridgehead atoms. The highest BCUT2D eigenvalue weighted by atomic mass is 19.3. The quantitative estimate of drug-likeness (QED) is 0.724. The molecule has 0 atom stereocenters. The summed E-state index contributed by atoms with van der Waals surface area (Å²) in [6.45, 7) is -1.37. The second-order valence-corrected chi connectivity index (χ2v) is 4.88. The maximum absolute atomic E-state index is 12.7. The van der Waals surface area contributed by atoms with Crippen LogP contribution in [0.15, 0.2) is 0 Å². The third kappa shape index (κ3) is 5.96. The fourth-order valence-corrected chi connectivity index (χ4v) is 2.24. The van der Waals surface area contributed by atoms with Gasteiger partial charge in [0.1, 0.15) is 0 Å². The molecule has 1 rings (SSSR count). The van der Waals surface area contributed by atoms with Gasteiger partial charge >= 0.3 is 0 Å². The number of rotatable bonds is 7. The van der Waals surface area contributed by atoms with Gasteiger partial charge in [-0.15, -0.1) is 0 Å². The summed E-state index contributed by atoms with van der Waals surface area (Å²) in [5.74, 6) is -2.54. The molecule has 5 heteroatoms. The zero-order chi connectivity index (χ0) is 12.7. The van der Waals surface area contributed by atoms with Crippen molar-refractivity contribution in [2.75, 3.05) is 13.1 Å². The Kier molecular flexibility index (Phi) is 5.82. The van der Waals surface area contributed by atoms with Gasteiger partial charge in [-0.2, -0.15) is 0 Å². The summed E-state index contributed by atoms with van der Waals surface area (Å²) in [5, 5.41) is 2.23. The molecule has 1 aliphatic carbocycles. The highest BCUT2D eigenvalue weighted by molar-refractivity contribution is 5.75. The summed E-state index contributed by atoms with van der Waals surface area (Å²) in [4.78, 5) is 11.3. The Labute approximate surface area is 101 Å². The van der Waals surface area contributed by atoms with E-state index in [9.17, 15) is 13.6 Å². The predicted octanol–water partition coefficient (Wildman–Crippen LogP) is 2.06. The Bertz CT molecular complexity index is 241. The molecule has 0 aromatic heterocycles. The van der Waals surface area contributed by atoms with Crippen molar-refractivity contribution < 1.29 is 13.6 Å². The first kappa shape index (κ1) is 14.4. The zero-order valence-corrected chi connectivity index (χ0v) is 10.2. The second kappa shape index (κ2) is 6.89. The molecule has 0 aliphatic heterocycles. The molecule has 1 aliphatic rings. The average Bonchev–Trinajstić information content (AvgIpc) is 2.80. The van der Waals surface area contributed by atoms with Crippen molar-refractivity contribution in [3.8, 4) is 0 Å². The van der Waals surface area contributed by atoms with Crippen molar-refractivity contribution >= 4 is 5.91 Å². The van der Waals surface area contributed by atoms with E-state index in [-0.39, 0.29) is 5.91 Å². The van der Waals surface area contributed by atoms with Crippen LogP contribution in [-0.2, 0) is 4.79 Å². The van der Waals surface area contributed by atoms with Gasteiger partial charge in [0.25, 0.3) is 5.92 Å². The van der Waals surface area contributed by atoms with E-state index in [1.807, 2.05) is 0 Å². The Morgan fingerprint density at radius 3 is 2.59 bits per heavy atom. The molecule has 17 heavy (non-hydrogen) atoms. The fourth-order valence-electron chi connectivity index (χ4n) is 2.24. The van der Waals surface area contributed by atoms with Gasteiger partial charge in [-0.25, -0.2) is 8.78 Å². The minimum Gasteiger partial charge on any atom is -0.350 e. The highest BCUT2D eigenvalue weighted by Gasteiger charge is 2.27. The first-order chi connectivity index (χ1) is 8.03. The number of hydrogen-bond acceptors (Lipinski definition) is 2. The standard InChI is InChI=1S/C12H22F2N2O/c13-12(14,8-15)9-16-11(17)7-3-6-10-4-1-2-5-10/h10H,1-9,15H2,(H,16,17). The van der Waals surface area contributed by atoms with Crippen LogP contribution in [0.1, 0.15) is 44.9 Å². The lowest BCUT2D eigenvalue weighted by atomic mass is 10.0. The summed E-state index contributed by atoms with van der Waals surface area (Å²) in [6.07, 6.45) is 7.28. The topological polar surface area (TPSA) is 55.1 Å². The van der Waals surface area contributed by atoms with Crippen molar-refractivity contribution in [2.24, 2.45) is 11.7 Å². The molecule has 3 N–H and O–H groups in total. The summed E-state index contributed by atoms with van der Waals surface area (Å²) in [5.41, 5.74) is 4.87. The lowest BCUT2D eigenvalue weighted by Gasteiger charge is -2.14. The van der Waals surface area contributed by atoms with Gasteiger partial charge in [-0.1, -0.05) is 25.7 Å². The van der Waals surface area contributed by atoms with Gasteiger partial charge in [-0.05, 0) is 18.8 Å². The summed E-state index contributed by atoms with van der Waals surface area (Å²) in [6, 6.07) is 0. The number of alkyl halides is 2. The van der Waals surface area contributed by atoms with Gasteiger partial charge in [0, 0.05) is 6.42 Å². The van der Waals surface area contributed by atoms with Crippen molar-refractivity contribution in [1.82, 2.24) is 5.32 Å². The minimum absolute atomic E-state index is 0.295. The zero-order valence-electron chi connectivity index (χ0n) is 10.2. The Morgan fingerprint density at radius 1 is 1.35 bits per heavy atom. The van der Waals surface area contributed by atoms with Gasteiger partial charge < -0.3 is 11.1 Å². The molecule has 0 radical (unpaired) electrons. The van der Waals surface area contributed by atoms with Crippen LogP contribution in [0.5, 0.6) is 0 Å². The molecule has 1 fully saturated rings. The summed E-state index contributed by atoms with van der Waals surface area (Å²) in [7, 11) is 0. The van der Waals surface area contributed by atoms with E-state index in [4.69, 9.17) is 5.73 Å². The number of amides is 1. The molecule has 0 aromatic carbocycles. The van der Waals surface area contributed by atoms with E-state index >= 15 is 0 Å². The monoisotopic (exact) mass is 248 g/mol. The molecule has 1 amide bonds. The first-order valence-corrected chi connectivity index (χ1v) is 6.38. The van der Waals surface area contributed by atoms with E-state index in [2.05, 4.69) is 5.32 Å². The van der Waals surface area contributed by atoms with Crippen LogP contribution in [0.4, 0.5) is 8.78 Å². The normalized spacial score (nSPS) is 17.4. The predicted molar refractivity (Wildman–Crippen MR) is 62.8 cm³/mol. The number of nitrogens with one attached hydrogen (secondary N) is 1. The van der Waals surface area contributed by atoms with E-state index in [0.29, 0.717) is 6.42 Å². The molecule has 100 valence electrons. The average molecular weight is 248 g/mol. The van der Waals surface area contributed by atoms with E-state index in [1.54, 1.807) is 0 Å². The molecule has 0 saturated heterocycles. The Morgan fingerprint density at radius 2 is 2.00 bits per heavy atom. The van der Waals surface area contributed by atoms with Gasteiger partial charge in [0.05, 0.1) is 13.1 Å². The van der Waals surface area contributed by atoms with Crippen LogP contribution < -0.4 is 11.1 Å². The van der Waals surface area contributed by atoms with Crippen LogP contribution in [0.25, 0.3) is 0 Å². The third-order valence-electron chi connectivity index (χ3n) is 3.33. The summed E-state index contributed by atoms with van der Waals surface area (Å²) >= 11 is 0. The molecule has 0 spiro atoms. The van der Waals surface area contributed by atoms with E-state index in [1.165, 1.54) is 25.7 Å². The smallest absolute Gasteiger partial charge is 0.277 e. The molecule has 3 nitrogen and oxygen atoms in total. The highest BCUT2D eigenvalue weighted by Crippen LogP contribution is 2.28. The SMILES string of the molecule is NCC(F)(F)CNC(=O)CCCC1CCCC1. The number of carbonyl (C=O) groups excluding carboxylic acids is 1. The summed E-state index contributed by atoms with van der Waals surface area (Å²) < 4.78 is 25.5. The molecule has 1 saturated carbocycles. The molecular weight excluding hydrogens is 226 g/mol. The van der Waals surface area contributed by atoms with Gasteiger partial charge in [-0.3, -0.25) is 4.79 Å². The molecular formula is C12H22F2N2O. The Balaban J connectivity index is 2.04. The lowest BCUT2D eigenvalue weighted by Crippen LogP contribution is -2.41. The maximum atomic E-state index is 12.7. The first-order valence-electron chi connectivity index (χ1n) is 6.38. The van der Waals surface area contributed by atoms with Crippen LogP contribution in [0.3, 0.4) is 0 Å². The molecule has 0 unspecified atom stereocenters. The minimum atomic E-state index is -2.99. The fraction of sp³-hybridized carbons (Fsp3) is 0.917. The van der Waals surface area contributed by atoms with Crippen molar-refractivity contribution in [2.45, 2.75) is 50.9 Å². The van der Waals surface area contributed by atoms with Crippen molar-refractivity contribution in [1.29, 1.82) is 0 Å². The lowest BCUT2D eigenvalue weighted by molar-refractivity contribution is -0.123. The second-order valence-electron chi connectivity index (χ2n) is 4.88.